The van der Waals surface area contributed by atoms with Crippen molar-refractivity contribution >= 4 is 5.69 Å². The van der Waals surface area contributed by atoms with Gasteiger partial charge in [-0.2, -0.15) is 5.10 Å². The first kappa shape index (κ1) is 12.7. The average Bonchev–Trinajstić information content (AvgIpc) is 2.85. The molecule has 2 aromatic heterocycles. The van der Waals surface area contributed by atoms with Gasteiger partial charge < -0.3 is 9.88 Å². The van der Waals surface area contributed by atoms with Gasteiger partial charge in [0.25, 0.3) is 0 Å². The molecule has 98 valence electrons. The number of aromatic nitrogens is 4. The van der Waals surface area contributed by atoms with Crippen LogP contribution >= 0.6 is 0 Å². The second-order valence-electron chi connectivity index (χ2n) is 4.60. The molecule has 0 aliphatic rings. The molecule has 0 bridgehead atoms. The second kappa shape index (κ2) is 5.25. The summed E-state index contributed by atoms with van der Waals surface area (Å²) in [5, 5.41) is 7.86. The van der Waals surface area contributed by atoms with Crippen LogP contribution < -0.4 is 5.32 Å². The summed E-state index contributed by atoms with van der Waals surface area (Å²) >= 11 is 0. The van der Waals surface area contributed by atoms with Gasteiger partial charge in [-0.1, -0.05) is 6.92 Å². The van der Waals surface area contributed by atoms with Gasteiger partial charge >= 0.3 is 0 Å². The number of imidazole rings is 1. The summed E-state index contributed by atoms with van der Waals surface area (Å²) in [5.74, 6) is 0. The predicted molar refractivity (Wildman–Crippen MR) is 72.5 cm³/mol. The molecule has 2 rings (SSSR count). The Morgan fingerprint density at radius 2 is 2.11 bits per heavy atom. The summed E-state index contributed by atoms with van der Waals surface area (Å²) < 4.78 is 4.09. The Balaban J connectivity index is 2.09. The summed E-state index contributed by atoms with van der Waals surface area (Å²) in [6.07, 6.45) is 4.93. The van der Waals surface area contributed by atoms with Crippen molar-refractivity contribution in [2.24, 2.45) is 7.05 Å². The monoisotopic (exact) mass is 247 g/mol. The molecule has 0 amide bonds. The molecule has 0 radical (unpaired) electrons. The molecule has 0 aliphatic carbocycles. The maximum atomic E-state index is 4.40. The summed E-state index contributed by atoms with van der Waals surface area (Å²) in [5.41, 5.74) is 4.53. The van der Waals surface area contributed by atoms with Gasteiger partial charge in [-0.15, -0.1) is 0 Å². The average molecular weight is 247 g/mol. The molecule has 0 saturated heterocycles. The number of aryl methyl sites for hydroxylation is 3. The van der Waals surface area contributed by atoms with Crippen LogP contribution in [0.5, 0.6) is 0 Å². The third-order valence-electron chi connectivity index (χ3n) is 3.22. The third-order valence-corrected chi connectivity index (χ3v) is 3.22. The number of nitrogens with one attached hydrogen (secondary N) is 1. The molecule has 0 atom stereocenters. The molecule has 0 spiro atoms. The van der Waals surface area contributed by atoms with Crippen molar-refractivity contribution in [2.75, 3.05) is 5.32 Å². The minimum Gasteiger partial charge on any atom is -0.376 e. The van der Waals surface area contributed by atoms with E-state index >= 15 is 0 Å². The molecule has 0 saturated carbocycles. The van der Waals surface area contributed by atoms with Crippen molar-refractivity contribution in [3.05, 3.63) is 29.6 Å². The van der Waals surface area contributed by atoms with Crippen LogP contribution in [0.1, 0.15) is 30.4 Å². The Bertz CT molecular complexity index is 523. The van der Waals surface area contributed by atoms with E-state index in [4.69, 9.17) is 0 Å². The standard InChI is InChI=1S/C13H21N5/c1-5-6-18-9-14-7-12(18)8-15-13-10(2)16-17(4)11(13)3/h7,9,15H,5-6,8H2,1-4H3. The van der Waals surface area contributed by atoms with E-state index in [-0.39, 0.29) is 0 Å². The van der Waals surface area contributed by atoms with Crippen molar-refractivity contribution in [3.8, 4) is 0 Å². The van der Waals surface area contributed by atoms with Crippen LogP contribution in [0.3, 0.4) is 0 Å². The number of anilines is 1. The minimum atomic E-state index is 0.785. The highest BCUT2D eigenvalue weighted by Crippen LogP contribution is 2.19. The zero-order valence-electron chi connectivity index (χ0n) is 11.6. The Hall–Kier alpha value is -1.78. The Morgan fingerprint density at radius 1 is 1.33 bits per heavy atom. The fraction of sp³-hybridized carbons (Fsp3) is 0.538. The van der Waals surface area contributed by atoms with Crippen molar-refractivity contribution in [3.63, 3.8) is 0 Å². The van der Waals surface area contributed by atoms with Crippen molar-refractivity contribution in [1.29, 1.82) is 0 Å². The number of hydrogen-bond acceptors (Lipinski definition) is 3. The molecule has 5 heteroatoms. The molecule has 5 nitrogen and oxygen atoms in total. The van der Waals surface area contributed by atoms with E-state index in [2.05, 4.69) is 33.8 Å². The molecule has 18 heavy (non-hydrogen) atoms. The first-order chi connectivity index (χ1) is 8.63. The van der Waals surface area contributed by atoms with Crippen molar-refractivity contribution < 1.29 is 0 Å². The zero-order chi connectivity index (χ0) is 13.1. The van der Waals surface area contributed by atoms with Gasteiger partial charge in [0.05, 0.1) is 35.6 Å². The molecular weight excluding hydrogens is 226 g/mol. The van der Waals surface area contributed by atoms with Crippen molar-refractivity contribution in [1.82, 2.24) is 19.3 Å². The normalized spacial score (nSPS) is 10.9. The molecular formula is C13H21N5. The van der Waals surface area contributed by atoms with Gasteiger partial charge in [-0.05, 0) is 20.3 Å². The number of rotatable bonds is 5. The fourth-order valence-electron chi connectivity index (χ4n) is 2.15. The smallest absolute Gasteiger partial charge is 0.0948 e. The maximum Gasteiger partial charge on any atom is 0.0948 e. The van der Waals surface area contributed by atoms with Crippen LogP contribution in [-0.2, 0) is 20.1 Å². The van der Waals surface area contributed by atoms with Crippen LogP contribution in [0.25, 0.3) is 0 Å². The minimum absolute atomic E-state index is 0.785. The lowest BCUT2D eigenvalue weighted by Crippen LogP contribution is -2.08. The van der Waals surface area contributed by atoms with Crippen molar-refractivity contribution in [2.45, 2.75) is 40.3 Å². The highest BCUT2D eigenvalue weighted by Gasteiger charge is 2.09. The van der Waals surface area contributed by atoms with Crippen LogP contribution in [0.2, 0.25) is 0 Å². The van der Waals surface area contributed by atoms with E-state index in [0.29, 0.717) is 0 Å². The summed E-state index contributed by atoms with van der Waals surface area (Å²) in [7, 11) is 1.97. The van der Waals surface area contributed by atoms with E-state index in [9.17, 15) is 0 Å². The van der Waals surface area contributed by atoms with E-state index in [1.165, 1.54) is 5.69 Å². The highest BCUT2D eigenvalue weighted by molar-refractivity contribution is 5.52. The summed E-state index contributed by atoms with van der Waals surface area (Å²) in [4.78, 5) is 4.21. The first-order valence-corrected chi connectivity index (χ1v) is 6.36. The SMILES string of the molecule is CCCn1cncc1CNc1c(C)nn(C)c1C. The van der Waals surface area contributed by atoms with E-state index in [0.717, 1.165) is 36.6 Å². The molecule has 2 heterocycles. The second-order valence-corrected chi connectivity index (χ2v) is 4.60. The summed E-state index contributed by atoms with van der Waals surface area (Å²) in [6.45, 7) is 8.08. The van der Waals surface area contributed by atoms with E-state index < -0.39 is 0 Å². The lowest BCUT2D eigenvalue weighted by molar-refractivity contribution is 0.651. The largest absolute Gasteiger partial charge is 0.376 e. The van der Waals surface area contributed by atoms with Crippen LogP contribution in [0, 0.1) is 13.8 Å². The zero-order valence-corrected chi connectivity index (χ0v) is 11.6. The van der Waals surface area contributed by atoms with Gasteiger partial charge in [0.2, 0.25) is 0 Å². The maximum absolute atomic E-state index is 4.40. The van der Waals surface area contributed by atoms with Crippen LogP contribution in [0.4, 0.5) is 5.69 Å². The molecule has 0 unspecified atom stereocenters. The van der Waals surface area contributed by atoms with E-state index in [1.54, 1.807) is 0 Å². The fourth-order valence-corrected chi connectivity index (χ4v) is 2.15. The Morgan fingerprint density at radius 3 is 2.72 bits per heavy atom. The first-order valence-electron chi connectivity index (χ1n) is 6.36. The Labute approximate surface area is 108 Å². The number of hydrogen-bond donors (Lipinski definition) is 1. The third kappa shape index (κ3) is 2.39. The molecule has 0 fully saturated rings. The predicted octanol–water partition coefficient (Wildman–Crippen LogP) is 2.26. The lowest BCUT2D eigenvalue weighted by Gasteiger charge is -2.09. The van der Waals surface area contributed by atoms with Crippen LogP contribution in [0.15, 0.2) is 12.5 Å². The van der Waals surface area contributed by atoms with Gasteiger partial charge in [-0.25, -0.2) is 4.98 Å². The van der Waals surface area contributed by atoms with Gasteiger partial charge in [0.15, 0.2) is 0 Å². The summed E-state index contributed by atoms with van der Waals surface area (Å²) in [6, 6.07) is 0. The van der Waals surface area contributed by atoms with Crippen LogP contribution in [-0.4, -0.2) is 19.3 Å². The molecule has 0 aromatic carbocycles. The van der Waals surface area contributed by atoms with Gasteiger partial charge in [0.1, 0.15) is 0 Å². The lowest BCUT2D eigenvalue weighted by atomic mass is 10.3. The number of nitrogens with zero attached hydrogens (tertiary/aromatic N) is 4. The molecule has 2 aromatic rings. The van der Waals surface area contributed by atoms with Gasteiger partial charge in [0, 0.05) is 19.8 Å². The molecule has 1 N–H and O–H groups in total. The van der Waals surface area contributed by atoms with E-state index in [1.807, 2.05) is 31.2 Å². The van der Waals surface area contributed by atoms with Gasteiger partial charge in [-0.3, -0.25) is 4.68 Å². The topological polar surface area (TPSA) is 47.7 Å². The quantitative estimate of drug-likeness (QED) is 0.881. The molecule has 0 aliphatic heterocycles. The highest BCUT2D eigenvalue weighted by atomic mass is 15.3. The Kier molecular flexibility index (Phi) is 3.69.